The molecule has 0 amide bonds. The van der Waals surface area contributed by atoms with Gasteiger partial charge >= 0.3 is 0 Å². The van der Waals surface area contributed by atoms with E-state index in [0.29, 0.717) is 0 Å². The van der Waals surface area contributed by atoms with E-state index < -0.39 is 0 Å². The molecule has 0 radical (unpaired) electrons. The summed E-state index contributed by atoms with van der Waals surface area (Å²) >= 11 is 0. The van der Waals surface area contributed by atoms with Crippen LogP contribution in [0.5, 0.6) is 0 Å². The van der Waals surface area contributed by atoms with E-state index in [4.69, 9.17) is 0 Å². The quantitative estimate of drug-likeness (QED) is 0.868. The number of rotatable bonds is 6. The van der Waals surface area contributed by atoms with Crippen LogP contribution >= 0.6 is 0 Å². The topological polar surface area (TPSA) is 42.7 Å². The minimum absolute atomic E-state index is 0.789. The van der Waals surface area contributed by atoms with Crippen LogP contribution in [0, 0.1) is 17.8 Å². The fourth-order valence-corrected chi connectivity index (χ4v) is 3.68. The van der Waals surface area contributed by atoms with E-state index >= 15 is 0 Å². The molecule has 0 saturated heterocycles. The van der Waals surface area contributed by atoms with Crippen molar-refractivity contribution >= 4 is 0 Å². The molecule has 1 N–H and O–H groups in total. The van der Waals surface area contributed by atoms with Crippen LogP contribution in [0.15, 0.2) is 6.20 Å². The third-order valence-corrected chi connectivity index (χ3v) is 5.19. The average Bonchev–Trinajstić information content (AvgIpc) is 3.20. The van der Waals surface area contributed by atoms with Crippen molar-refractivity contribution in [3.63, 3.8) is 0 Å². The Balaban J connectivity index is 1.60. The van der Waals surface area contributed by atoms with Gasteiger partial charge in [0.15, 0.2) is 0 Å². The van der Waals surface area contributed by atoms with Gasteiger partial charge < -0.3 is 5.32 Å². The molecular formula is C16H28N4. The van der Waals surface area contributed by atoms with Crippen LogP contribution in [0.2, 0.25) is 0 Å². The van der Waals surface area contributed by atoms with Gasteiger partial charge in [-0.05, 0) is 56.4 Å². The third-order valence-electron chi connectivity index (χ3n) is 5.19. The molecule has 0 spiro atoms. The highest BCUT2D eigenvalue weighted by molar-refractivity contribution is 4.97. The molecule has 3 unspecified atom stereocenters. The molecule has 1 heterocycles. The maximum absolute atomic E-state index is 4.30. The highest BCUT2D eigenvalue weighted by Gasteiger charge is 2.31. The number of aromatic nitrogens is 3. The predicted molar refractivity (Wildman–Crippen MR) is 80.3 cm³/mol. The largest absolute Gasteiger partial charge is 0.314 e. The Bertz CT molecular complexity index is 424. The fourth-order valence-electron chi connectivity index (χ4n) is 3.68. The van der Waals surface area contributed by atoms with Crippen molar-refractivity contribution in [2.75, 3.05) is 6.54 Å². The second-order valence-corrected chi connectivity index (χ2v) is 6.88. The second-order valence-electron chi connectivity index (χ2n) is 6.88. The molecule has 3 atom stereocenters. The first-order chi connectivity index (χ1) is 9.74. The maximum Gasteiger partial charge on any atom is 0.0829 e. The lowest BCUT2D eigenvalue weighted by molar-refractivity contribution is 0.170. The number of aryl methyl sites for hydroxylation is 1. The van der Waals surface area contributed by atoms with Gasteiger partial charge in [0.1, 0.15) is 0 Å². The van der Waals surface area contributed by atoms with Crippen molar-refractivity contribution in [3.05, 3.63) is 11.9 Å². The lowest BCUT2D eigenvalue weighted by atomic mass is 9.71. The molecule has 4 nitrogen and oxygen atoms in total. The molecule has 20 heavy (non-hydrogen) atoms. The minimum Gasteiger partial charge on any atom is -0.314 e. The zero-order valence-corrected chi connectivity index (χ0v) is 12.9. The summed E-state index contributed by atoms with van der Waals surface area (Å²) in [6, 6.07) is 0.830. The van der Waals surface area contributed by atoms with Crippen LogP contribution in [0.3, 0.4) is 0 Å². The molecule has 1 aromatic rings. The first kappa shape index (κ1) is 14.1. The molecule has 1 aromatic heterocycles. The van der Waals surface area contributed by atoms with E-state index in [1.54, 1.807) is 0 Å². The zero-order chi connectivity index (χ0) is 13.9. The van der Waals surface area contributed by atoms with Crippen molar-refractivity contribution in [2.45, 2.75) is 57.9 Å². The molecule has 112 valence electrons. The van der Waals surface area contributed by atoms with Crippen LogP contribution in [0.25, 0.3) is 0 Å². The Labute approximate surface area is 122 Å². The summed E-state index contributed by atoms with van der Waals surface area (Å²) in [6.07, 6.45) is 11.5. The number of hydrogen-bond acceptors (Lipinski definition) is 3. The summed E-state index contributed by atoms with van der Waals surface area (Å²) in [6.45, 7) is 3.55. The van der Waals surface area contributed by atoms with E-state index in [-0.39, 0.29) is 0 Å². The summed E-state index contributed by atoms with van der Waals surface area (Å²) in [5.41, 5.74) is 1.17. The van der Waals surface area contributed by atoms with Gasteiger partial charge in [0, 0.05) is 19.3 Å². The van der Waals surface area contributed by atoms with Gasteiger partial charge in [-0.3, -0.25) is 4.68 Å². The van der Waals surface area contributed by atoms with Gasteiger partial charge in [0.2, 0.25) is 0 Å². The monoisotopic (exact) mass is 276 g/mol. The Morgan fingerprint density at radius 1 is 1.25 bits per heavy atom. The molecule has 0 aromatic carbocycles. The summed E-state index contributed by atoms with van der Waals surface area (Å²) in [4.78, 5) is 0. The zero-order valence-electron chi connectivity index (χ0n) is 12.9. The van der Waals surface area contributed by atoms with Gasteiger partial charge in [-0.1, -0.05) is 25.0 Å². The van der Waals surface area contributed by atoms with Crippen molar-refractivity contribution in [1.29, 1.82) is 0 Å². The van der Waals surface area contributed by atoms with Crippen LogP contribution < -0.4 is 5.32 Å². The first-order valence-corrected chi connectivity index (χ1v) is 8.33. The lowest BCUT2D eigenvalue weighted by Gasteiger charge is -2.36. The molecule has 0 aliphatic heterocycles. The highest BCUT2D eigenvalue weighted by Crippen LogP contribution is 2.37. The minimum atomic E-state index is 0.789. The van der Waals surface area contributed by atoms with Gasteiger partial charge in [0.05, 0.1) is 5.69 Å². The third kappa shape index (κ3) is 3.60. The van der Waals surface area contributed by atoms with Crippen molar-refractivity contribution < 1.29 is 0 Å². The van der Waals surface area contributed by atoms with Gasteiger partial charge in [-0.2, -0.15) is 0 Å². The van der Waals surface area contributed by atoms with E-state index in [1.165, 1.54) is 50.8 Å². The molecule has 4 heteroatoms. The van der Waals surface area contributed by atoms with Crippen LogP contribution in [0.1, 0.15) is 51.1 Å². The molecule has 2 aliphatic carbocycles. The van der Waals surface area contributed by atoms with Gasteiger partial charge in [-0.25, -0.2) is 0 Å². The standard InChI is InChI=1S/C16H28N4/c1-3-12-4-5-13(10-17-15-6-7-15)14(8-12)9-16-11-20(2)19-18-16/h11-15,17H,3-10H2,1-2H3. The first-order valence-electron chi connectivity index (χ1n) is 8.33. The molecular weight excluding hydrogens is 248 g/mol. The summed E-state index contributed by atoms with van der Waals surface area (Å²) in [5, 5.41) is 12.1. The number of nitrogens with one attached hydrogen (secondary N) is 1. The smallest absolute Gasteiger partial charge is 0.0829 e. The Kier molecular flexibility index (Phi) is 4.39. The lowest BCUT2D eigenvalue weighted by Crippen LogP contribution is -2.35. The SMILES string of the molecule is CCC1CCC(CNC2CC2)C(Cc2cn(C)nn2)C1. The van der Waals surface area contributed by atoms with Gasteiger partial charge in [-0.15, -0.1) is 5.10 Å². The van der Waals surface area contributed by atoms with Gasteiger partial charge in [0.25, 0.3) is 0 Å². The highest BCUT2D eigenvalue weighted by atomic mass is 15.4. The predicted octanol–water partition coefficient (Wildman–Crippen LogP) is 2.55. The Morgan fingerprint density at radius 3 is 2.75 bits per heavy atom. The molecule has 2 aliphatic rings. The van der Waals surface area contributed by atoms with Crippen molar-refractivity contribution in [2.24, 2.45) is 24.8 Å². The maximum atomic E-state index is 4.30. The van der Waals surface area contributed by atoms with Crippen LogP contribution in [-0.4, -0.2) is 27.6 Å². The molecule has 2 fully saturated rings. The van der Waals surface area contributed by atoms with Crippen LogP contribution in [-0.2, 0) is 13.5 Å². The Morgan fingerprint density at radius 2 is 2.10 bits per heavy atom. The molecule has 2 saturated carbocycles. The van der Waals surface area contributed by atoms with E-state index in [2.05, 4.69) is 28.7 Å². The Hall–Kier alpha value is -0.900. The summed E-state index contributed by atoms with van der Waals surface area (Å²) in [5.74, 6) is 2.55. The van der Waals surface area contributed by atoms with E-state index in [0.717, 1.165) is 30.2 Å². The van der Waals surface area contributed by atoms with E-state index in [1.807, 2.05) is 11.7 Å². The van der Waals surface area contributed by atoms with Crippen LogP contribution in [0.4, 0.5) is 0 Å². The number of hydrogen-bond donors (Lipinski definition) is 1. The average molecular weight is 276 g/mol. The molecule has 3 rings (SSSR count). The molecule has 0 bridgehead atoms. The normalized spacial score (nSPS) is 30.6. The number of nitrogens with zero attached hydrogens (tertiary/aromatic N) is 3. The fraction of sp³-hybridized carbons (Fsp3) is 0.875. The van der Waals surface area contributed by atoms with E-state index in [9.17, 15) is 0 Å². The second kappa shape index (κ2) is 6.25. The summed E-state index contributed by atoms with van der Waals surface area (Å²) < 4.78 is 1.83. The van der Waals surface area contributed by atoms with Crippen molar-refractivity contribution in [1.82, 2.24) is 20.3 Å². The van der Waals surface area contributed by atoms with Crippen molar-refractivity contribution in [3.8, 4) is 0 Å². The summed E-state index contributed by atoms with van der Waals surface area (Å²) in [7, 11) is 1.96.